The molecule has 1 saturated carbocycles. The Bertz CT molecular complexity index is 597. The van der Waals surface area contributed by atoms with Crippen molar-refractivity contribution in [3.8, 4) is 0 Å². The van der Waals surface area contributed by atoms with E-state index in [2.05, 4.69) is 4.98 Å². The number of halogens is 2. The van der Waals surface area contributed by atoms with Crippen LogP contribution in [0.4, 0.5) is 8.78 Å². The Labute approximate surface area is 111 Å². The van der Waals surface area contributed by atoms with E-state index >= 15 is 0 Å². The first-order valence-corrected chi connectivity index (χ1v) is 6.83. The van der Waals surface area contributed by atoms with Gasteiger partial charge in [0.15, 0.2) is 5.82 Å². The van der Waals surface area contributed by atoms with Crippen molar-refractivity contribution >= 4 is 10.9 Å². The topological polar surface area (TPSA) is 41.8 Å². The zero-order valence-corrected chi connectivity index (χ0v) is 10.8. The van der Waals surface area contributed by atoms with Gasteiger partial charge in [0, 0.05) is 29.1 Å². The number of H-pyrrole nitrogens is 1. The standard InChI is InChI=1S/C15H18F2N2/c16-11-8-10-4-7-19-14(10)13(17)12(11)15(9-18)5-2-1-3-6-15/h4,7-8,19H,1-3,5-6,9,18H2. The van der Waals surface area contributed by atoms with E-state index < -0.39 is 17.0 Å². The van der Waals surface area contributed by atoms with E-state index in [1.807, 2.05) is 0 Å². The van der Waals surface area contributed by atoms with E-state index in [9.17, 15) is 8.78 Å². The smallest absolute Gasteiger partial charge is 0.153 e. The Balaban J connectivity index is 2.22. The van der Waals surface area contributed by atoms with Gasteiger partial charge in [0.25, 0.3) is 0 Å². The van der Waals surface area contributed by atoms with Crippen molar-refractivity contribution in [1.82, 2.24) is 4.98 Å². The van der Waals surface area contributed by atoms with Gasteiger partial charge in [-0.15, -0.1) is 0 Å². The fourth-order valence-corrected chi connectivity index (χ4v) is 3.40. The SMILES string of the molecule is NCC1(c2c(F)cc3cc[nH]c3c2F)CCCCC1. The molecule has 0 radical (unpaired) electrons. The molecule has 0 bridgehead atoms. The zero-order valence-electron chi connectivity index (χ0n) is 10.8. The van der Waals surface area contributed by atoms with Gasteiger partial charge in [-0.05, 0) is 25.0 Å². The second kappa shape index (κ2) is 4.60. The molecule has 0 amide bonds. The van der Waals surface area contributed by atoms with Crippen molar-refractivity contribution in [1.29, 1.82) is 0 Å². The molecule has 0 aliphatic heterocycles. The molecule has 1 aromatic heterocycles. The maximum Gasteiger partial charge on any atom is 0.153 e. The summed E-state index contributed by atoms with van der Waals surface area (Å²) in [5.74, 6) is -0.927. The van der Waals surface area contributed by atoms with Crippen LogP contribution >= 0.6 is 0 Å². The molecule has 102 valence electrons. The fraction of sp³-hybridized carbons (Fsp3) is 0.467. The molecule has 0 atom stereocenters. The molecular weight excluding hydrogens is 246 g/mol. The molecule has 4 heteroatoms. The number of rotatable bonds is 2. The zero-order chi connectivity index (χ0) is 13.5. The maximum absolute atomic E-state index is 14.7. The molecule has 0 saturated heterocycles. The number of hydrogen-bond acceptors (Lipinski definition) is 1. The van der Waals surface area contributed by atoms with E-state index in [4.69, 9.17) is 5.73 Å². The monoisotopic (exact) mass is 264 g/mol. The Morgan fingerprint density at radius 2 is 1.95 bits per heavy atom. The molecule has 0 spiro atoms. The Morgan fingerprint density at radius 1 is 1.21 bits per heavy atom. The molecule has 1 heterocycles. The highest BCUT2D eigenvalue weighted by Gasteiger charge is 2.38. The fourth-order valence-electron chi connectivity index (χ4n) is 3.40. The first kappa shape index (κ1) is 12.6. The van der Waals surface area contributed by atoms with Gasteiger partial charge in [0.2, 0.25) is 0 Å². The van der Waals surface area contributed by atoms with Crippen LogP contribution in [-0.4, -0.2) is 11.5 Å². The average molecular weight is 264 g/mol. The van der Waals surface area contributed by atoms with E-state index in [0.29, 0.717) is 17.4 Å². The summed E-state index contributed by atoms with van der Waals surface area (Å²) in [6.45, 7) is 0.299. The van der Waals surface area contributed by atoms with Crippen molar-refractivity contribution in [2.24, 2.45) is 5.73 Å². The van der Waals surface area contributed by atoms with Crippen molar-refractivity contribution in [2.45, 2.75) is 37.5 Å². The minimum Gasteiger partial charge on any atom is -0.359 e. The van der Waals surface area contributed by atoms with Crippen LogP contribution in [0.1, 0.15) is 37.7 Å². The molecule has 1 aliphatic rings. The van der Waals surface area contributed by atoms with Crippen molar-refractivity contribution in [3.05, 3.63) is 35.5 Å². The minimum absolute atomic E-state index is 0.185. The van der Waals surface area contributed by atoms with Gasteiger partial charge in [-0.3, -0.25) is 0 Å². The molecule has 2 aromatic rings. The lowest BCUT2D eigenvalue weighted by atomic mass is 9.69. The van der Waals surface area contributed by atoms with Crippen LogP contribution in [0, 0.1) is 11.6 Å². The molecule has 19 heavy (non-hydrogen) atoms. The summed E-state index contributed by atoms with van der Waals surface area (Å²) < 4.78 is 29.0. The predicted octanol–water partition coefficient (Wildman–Crippen LogP) is 3.61. The van der Waals surface area contributed by atoms with Crippen LogP contribution in [-0.2, 0) is 5.41 Å². The van der Waals surface area contributed by atoms with Gasteiger partial charge in [0.1, 0.15) is 5.82 Å². The third kappa shape index (κ3) is 1.86. The van der Waals surface area contributed by atoms with Gasteiger partial charge in [-0.2, -0.15) is 0 Å². The van der Waals surface area contributed by atoms with E-state index in [0.717, 1.165) is 32.1 Å². The van der Waals surface area contributed by atoms with E-state index in [1.165, 1.54) is 6.07 Å². The highest BCUT2D eigenvalue weighted by molar-refractivity contribution is 5.81. The number of benzene rings is 1. The van der Waals surface area contributed by atoms with Crippen molar-refractivity contribution in [3.63, 3.8) is 0 Å². The van der Waals surface area contributed by atoms with Crippen LogP contribution in [0.25, 0.3) is 10.9 Å². The molecule has 1 fully saturated rings. The minimum atomic E-state index is -0.536. The highest BCUT2D eigenvalue weighted by Crippen LogP contribution is 2.42. The maximum atomic E-state index is 14.7. The third-order valence-electron chi connectivity index (χ3n) is 4.47. The Hall–Kier alpha value is -1.42. The number of nitrogens with two attached hydrogens (primary N) is 1. The van der Waals surface area contributed by atoms with Gasteiger partial charge >= 0.3 is 0 Å². The summed E-state index contributed by atoms with van der Waals surface area (Å²) >= 11 is 0. The first-order chi connectivity index (χ1) is 9.18. The van der Waals surface area contributed by atoms with Gasteiger partial charge < -0.3 is 10.7 Å². The number of fused-ring (bicyclic) bond motifs is 1. The summed E-state index contributed by atoms with van der Waals surface area (Å²) in [4.78, 5) is 2.85. The number of hydrogen-bond donors (Lipinski definition) is 2. The van der Waals surface area contributed by atoms with Crippen LogP contribution < -0.4 is 5.73 Å². The predicted molar refractivity (Wildman–Crippen MR) is 72.0 cm³/mol. The lowest BCUT2D eigenvalue weighted by Crippen LogP contribution is -2.39. The highest BCUT2D eigenvalue weighted by atomic mass is 19.1. The molecule has 0 unspecified atom stereocenters. The van der Waals surface area contributed by atoms with Gasteiger partial charge in [-0.1, -0.05) is 19.3 Å². The number of aromatic amines is 1. The second-order valence-electron chi connectivity index (χ2n) is 5.53. The Kier molecular flexibility index (Phi) is 3.05. The summed E-state index contributed by atoms with van der Waals surface area (Å²) in [6, 6.07) is 3.09. The number of nitrogens with one attached hydrogen (secondary N) is 1. The molecular formula is C15H18F2N2. The Morgan fingerprint density at radius 3 is 2.63 bits per heavy atom. The summed E-state index contributed by atoms with van der Waals surface area (Å²) in [5, 5.41) is 0.571. The molecule has 3 rings (SSSR count). The normalized spacial score (nSPS) is 18.9. The first-order valence-electron chi connectivity index (χ1n) is 6.83. The van der Waals surface area contributed by atoms with Crippen LogP contribution in [0.15, 0.2) is 18.3 Å². The summed E-state index contributed by atoms with van der Waals surface area (Å²) in [7, 11) is 0. The van der Waals surface area contributed by atoms with Gasteiger partial charge in [0.05, 0.1) is 5.52 Å². The number of aromatic nitrogens is 1. The third-order valence-corrected chi connectivity index (χ3v) is 4.47. The molecule has 1 aliphatic carbocycles. The van der Waals surface area contributed by atoms with Gasteiger partial charge in [-0.25, -0.2) is 8.78 Å². The second-order valence-corrected chi connectivity index (χ2v) is 5.53. The van der Waals surface area contributed by atoms with Crippen LogP contribution in [0.3, 0.4) is 0 Å². The van der Waals surface area contributed by atoms with Crippen LogP contribution in [0.5, 0.6) is 0 Å². The summed E-state index contributed by atoms with van der Waals surface area (Å²) in [6.07, 6.45) is 6.26. The molecule has 2 nitrogen and oxygen atoms in total. The van der Waals surface area contributed by atoms with Crippen LogP contribution in [0.2, 0.25) is 0 Å². The summed E-state index contributed by atoms with van der Waals surface area (Å²) in [5.41, 5.74) is 5.92. The molecule has 1 aromatic carbocycles. The van der Waals surface area contributed by atoms with E-state index in [1.54, 1.807) is 12.3 Å². The largest absolute Gasteiger partial charge is 0.359 e. The van der Waals surface area contributed by atoms with Crippen molar-refractivity contribution in [2.75, 3.05) is 6.54 Å². The lowest BCUT2D eigenvalue weighted by Gasteiger charge is -2.37. The van der Waals surface area contributed by atoms with Crippen molar-refractivity contribution < 1.29 is 8.78 Å². The molecule has 3 N–H and O–H groups in total. The van der Waals surface area contributed by atoms with E-state index in [-0.39, 0.29) is 5.56 Å². The quantitative estimate of drug-likeness (QED) is 0.855. The lowest BCUT2D eigenvalue weighted by molar-refractivity contribution is 0.282. The average Bonchev–Trinajstić information content (AvgIpc) is 2.88.